The maximum Gasteiger partial charge on any atom is 0.126 e. The minimum atomic E-state index is -0.361. The Morgan fingerprint density at radius 3 is 2.47 bits per heavy atom. The maximum absolute atomic E-state index is 13.4. The maximum atomic E-state index is 13.4. The van der Waals surface area contributed by atoms with E-state index in [-0.39, 0.29) is 22.6 Å². The lowest BCUT2D eigenvalue weighted by Gasteiger charge is -2.69. The molecule has 3 saturated carbocycles. The van der Waals surface area contributed by atoms with Crippen LogP contribution in [0.2, 0.25) is 0 Å². The van der Waals surface area contributed by atoms with Gasteiger partial charge >= 0.3 is 0 Å². The molecule has 1 nitrogen and oxygen atoms in total. The highest BCUT2D eigenvalue weighted by Crippen LogP contribution is 2.67. The molecule has 80 valence electrons. The van der Waals surface area contributed by atoms with E-state index in [0.29, 0.717) is 12.0 Å². The molecule has 0 spiro atoms. The Hall–Kier alpha value is -0.960. The molecule has 2 bridgehead atoms. The molecule has 1 aromatic carbocycles. The molecule has 0 heterocycles. The molecule has 1 aromatic rings. The molecule has 0 aliphatic heterocycles. The predicted molar refractivity (Wildman–Crippen MR) is 53.3 cm³/mol. The van der Waals surface area contributed by atoms with Crippen molar-refractivity contribution in [3.8, 4) is 0 Å². The second kappa shape index (κ2) is 2.59. The fourth-order valence-corrected chi connectivity index (χ4v) is 3.36. The molecule has 0 radical (unpaired) electrons. The Labute approximate surface area is 87.3 Å². The Kier molecular flexibility index (Phi) is 1.60. The predicted octanol–water partition coefficient (Wildman–Crippen LogP) is 2.39. The lowest BCUT2D eigenvalue weighted by molar-refractivity contribution is -0.130. The summed E-state index contributed by atoms with van der Waals surface area (Å²) >= 11 is 0. The van der Waals surface area contributed by atoms with Crippen LogP contribution in [0.4, 0.5) is 8.78 Å². The summed E-state index contributed by atoms with van der Waals surface area (Å²) in [5.41, 5.74) is 6.64. The topological polar surface area (TPSA) is 26.0 Å². The molecular weight excluding hydrogens is 196 g/mol. The van der Waals surface area contributed by atoms with Crippen molar-refractivity contribution in [1.29, 1.82) is 0 Å². The summed E-state index contributed by atoms with van der Waals surface area (Å²) in [6.45, 7) is 0. The van der Waals surface area contributed by atoms with E-state index in [9.17, 15) is 8.78 Å². The summed E-state index contributed by atoms with van der Waals surface area (Å²) < 4.78 is 26.3. The molecule has 3 fully saturated rings. The van der Waals surface area contributed by atoms with Crippen LogP contribution in [0.25, 0.3) is 0 Å². The zero-order chi connectivity index (χ0) is 10.7. The van der Waals surface area contributed by atoms with Crippen molar-refractivity contribution in [2.24, 2.45) is 11.1 Å². The Bertz CT molecular complexity index is 408. The summed E-state index contributed by atoms with van der Waals surface area (Å²) in [5, 5.41) is 0. The summed E-state index contributed by atoms with van der Waals surface area (Å²) in [4.78, 5) is 0. The van der Waals surface area contributed by atoms with Gasteiger partial charge in [-0.1, -0.05) is 0 Å². The lowest BCUT2D eigenvalue weighted by Crippen LogP contribution is -2.72. The lowest BCUT2D eigenvalue weighted by atomic mass is 9.38. The fourth-order valence-electron chi connectivity index (χ4n) is 3.36. The van der Waals surface area contributed by atoms with E-state index >= 15 is 0 Å². The Morgan fingerprint density at radius 1 is 1.20 bits per heavy atom. The zero-order valence-corrected chi connectivity index (χ0v) is 8.39. The van der Waals surface area contributed by atoms with Gasteiger partial charge in [0, 0.05) is 5.54 Å². The number of hydrogen-bond donors (Lipinski definition) is 1. The van der Waals surface area contributed by atoms with Crippen molar-refractivity contribution in [3.05, 3.63) is 35.4 Å². The molecule has 0 saturated heterocycles. The van der Waals surface area contributed by atoms with Gasteiger partial charge in [-0.05, 0) is 54.9 Å². The van der Waals surface area contributed by atoms with Gasteiger partial charge in [0.05, 0.1) is 0 Å². The van der Waals surface area contributed by atoms with Crippen LogP contribution in [-0.2, 0) is 6.42 Å². The second-order valence-electron chi connectivity index (χ2n) is 5.31. The third-order valence-electron chi connectivity index (χ3n) is 3.75. The fraction of sp³-hybridized carbons (Fsp3) is 0.500. The van der Waals surface area contributed by atoms with Gasteiger partial charge in [-0.25, -0.2) is 8.78 Å². The van der Waals surface area contributed by atoms with Crippen molar-refractivity contribution < 1.29 is 8.78 Å². The first-order valence-corrected chi connectivity index (χ1v) is 5.23. The molecule has 0 atom stereocenters. The van der Waals surface area contributed by atoms with Crippen LogP contribution < -0.4 is 5.73 Å². The van der Waals surface area contributed by atoms with Gasteiger partial charge in [-0.15, -0.1) is 0 Å². The van der Waals surface area contributed by atoms with Crippen LogP contribution >= 0.6 is 0 Å². The van der Waals surface area contributed by atoms with Crippen molar-refractivity contribution in [2.45, 2.75) is 31.2 Å². The van der Waals surface area contributed by atoms with E-state index in [1.807, 2.05) is 0 Å². The molecule has 0 amide bonds. The smallest absolute Gasteiger partial charge is 0.126 e. The molecule has 0 unspecified atom stereocenters. The molecule has 3 aliphatic rings. The van der Waals surface area contributed by atoms with E-state index in [2.05, 4.69) is 0 Å². The third-order valence-corrected chi connectivity index (χ3v) is 3.75. The van der Waals surface area contributed by atoms with E-state index in [1.54, 1.807) is 0 Å². The average molecular weight is 209 g/mol. The molecule has 4 rings (SSSR count). The minimum Gasteiger partial charge on any atom is -0.325 e. The van der Waals surface area contributed by atoms with Crippen molar-refractivity contribution in [3.63, 3.8) is 0 Å². The first-order chi connectivity index (χ1) is 7.00. The van der Waals surface area contributed by atoms with Gasteiger partial charge in [0.25, 0.3) is 0 Å². The zero-order valence-electron chi connectivity index (χ0n) is 8.39. The van der Waals surface area contributed by atoms with Crippen LogP contribution in [0.1, 0.15) is 24.8 Å². The number of hydrogen-bond acceptors (Lipinski definition) is 1. The average Bonchev–Trinajstić information content (AvgIpc) is 2.07. The minimum absolute atomic E-state index is 0.0315. The standard InChI is InChI=1S/C12H13F2N/c13-9-1-2-10(14)8(3-9)4-11-5-12(15,6-11)7-11/h1-3H,4-7,15H2. The van der Waals surface area contributed by atoms with Gasteiger partial charge in [0.2, 0.25) is 0 Å². The van der Waals surface area contributed by atoms with Crippen molar-refractivity contribution >= 4 is 0 Å². The van der Waals surface area contributed by atoms with Crippen LogP contribution in [0.5, 0.6) is 0 Å². The van der Waals surface area contributed by atoms with Crippen molar-refractivity contribution in [2.75, 3.05) is 0 Å². The second-order valence-corrected chi connectivity index (χ2v) is 5.31. The van der Waals surface area contributed by atoms with Gasteiger partial charge in [0.1, 0.15) is 11.6 Å². The highest BCUT2D eigenvalue weighted by Gasteiger charge is 2.65. The SMILES string of the molecule is NC12CC(Cc3cc(F)ccc3F)(C1)C2. The normalized spacial score (nSPS) is 37.0. The quantitative estimate of drug-likeness (QED) is 0.795. The number of nitrogens with two attached hydrogens (primary N) is 1. The monoisotopic (exact) mass is 209 g/mol. The highest BCUT2D eigenvalue weighted by molar-refractivity contribution is 5.28. The van der Waals surface area contributed by atoms with Crippen LogP contribution in [0, 0.1) is 17.0 Å². The number of benzene rings is 1. The van der Waals surface area contributed by atoms with E-state index in [1.165, 1.54) is 12.1 Å². The molecule has 0 aromatic heterocycles. The van der Waals surface area contributed by atoms with Crippen LogP contribution in [0.15, 0.2) is 18.2 Å². The van der Waals surface area contributed by atoms with Crippen LogP contribution in [0.3, 0.4) is 0 Å². The number of rotatable bonds is 2. The Morgan fingerprint density at radius 2 is 1.87 bits per heavy atom. The highest BCUT2D eigenvalue weighted by atomic mass is 19.1. The summed E-state index contributed by atoms with van der Waals surface area (Å²) in [5.74, 6) is -0.660. The van der Waals surface area contributed by atoms with Crippen LogP contribution in [-0.4, -0.2) is 5.54 Å². The third kappa shape index (κ3) is 1.29. The first kappa shape index (κ1) is 9.28. The largest absolute Gasteiger partial charge is 0.325 e. The summed E-state index contributed by atoms with van der Waals surface area (Å²) in [6, 6.07) is 3.67. The molecular formula is C12H13F2N. The molecule has 2 N–H and O–H groups in total. The number of halogens is 2. The first-order valence-electron chi connectivity index (χ1n) is 5.23. The van der Waals surface area contributed by atoms with E-state index in [0.717, 1.165) is 25.3 Å². The van der Waals surface area contributed by atoms with Gasteiger partial charge in [-0.3, -0.25) is 0 Å². The van der Waals surface area contributed by atoms with E-state index < -0.39 is 0 Å². The van der Waals surface area contributed by atoms with Gasteiger partial charge < -0.3 is 5.73 Å². The van der Waals surface area contributed by atoms with Gasteiger partial charge in [-0.2, -0.15) is 0 Å². The summed E-state index contributed by atoms with van der Waals surface area (Å²) in [7, 11) is 0. The molecule has 3 aliphatic carbocycles. The summed E-state index contributed by atoms with van der Waals surface area (Å²) in [6.07, 6.45) is 3.54. The molecule has 3 heteroatoms. The van der Waals surface area contributed by atoms with Crippen molar-refractivity contribution in [1.82, 2.24) is 0 Å². The Balaban J connectivity index is 1.80. The van der Waals surface area contributed by atoms with Gasteiger partial charge in [0.15, 0.2) is 0 Å². The molecule has 15 heavy (non-hydrogen) atoms. The van der Waals surface area contributed by atoms with E-state index in [4.69, 9.17) is 5.73 Å².